The molecule has 0 spiro atoms. The lowest BCUT2D eigenvalue weighted by molar-refractivity contribution is -0.385. The number of halogens is 2. The summed E-state index contributed by atoms with van der Waals surface area (Å²) in [5.74, 6) is -0.188. The molecule has 7 heteroatoms. The van der Waals surface area contributed by atoms with Crippen molar-refractivity contribution in [2.75, 3.05) is 6.67 Å². The molecule has 1 aromatic rings. The molecule has 0 fully saturated rings. The number of phenols is 1. The van der Waals surface area contributed by atoms with Crippen molar-refractivity contribution < 1.29 is 14.4 Å². The van der Waals surface area contributed by atoms with Crippen molar-refractivity contribution in [3.8, 4) is 5.75 Å². The number of nitro benzene ring substituents is 1. The summed E-state index contributed by atoms with van der Waals surface area (Å²) in [6.45, 7) is -0.652. The number of non-ortho nitro benzene ring substituents is 1. The quantitative estimate of drug-likeness (QED) is 0.659. The molecule has 0 heterocycles. The van der Waals surface area contributed by atoms with Gasteiger partial charge in [-0.2, -0.15) is 0 Å². The molecular weight excluding hydrogens is 283 g/mol. The Labute approximate surface area is 99.3 Å². The molecule has 1 rings (SSSR count). The van der Waals surface area contributed by atoms with Crippen LogP contribution in [0.2, 0.25) is 0 Å². The van der Waals surface area contributed by atoms with Gasteiger partial charge in [-0.3, -0.25) is 14.5 Å². The summed E-state index contributed by atoms with van der Waals surface area (Å²) < 4.78 is 12.3. The van der Waals surface area contributed by atoms with Gasteiger partial charge in [0, 0.05) is 23.7 Å². The molecule has 0 radical (unpaired) electrons. The van der Waals surface area contributed by atoms with Crippen LogP contribution in [0.1, 0.15) is 18.0 Å². The van der Waals surface area contributed by atoms with E-state index < -0.39 is 17.6 Å². The second kappa shape index (κ2) is 5.22. The molecule has 0 unspecified atom stereocenters. The topological polar surface area (TPSA) is 89.4 Å². The van der Waals surface area contributed by atoms with E-state index in [1.807, 2.05) is 0 Å². The number of aromatic hydroxyl groups is 1. The number of benzene rings is 1. The zero-order valence-electron chi connectivity index (χ0n) is 8.19. The van der Waals surface area contributed by atoms with E-state index in [4.69, 9.17) is 5.73 Å². The minimum Gasteiger partial charge on any atom is -0.506 e. The molecule has 88 valence electrons. The molecule has 0 saturated carbocycles. The second-order valence-electron chi connectivity index (χ2n) is 3.21. The van der Waals surface area contributed by atoms with Gasteiger partial charge in [-0.05, 0) is 22.4 Å². The van der Waals surface area contributed by atoms with Crippen LogP contribution in [0.3, 0.4) is 0 Å². The van der Waals surface area contributed by atoms with Crippen LogP contribution in [0.5, 0.6) is 5.75 Å². The van der Waals surface area contributed by atoms with Gasteiger partial charge in [-0.15, -0.1) is 0 Å². The third kappa shape index (κ3) is 2.67. The van der Waals surface area contributed by atoms with E-state index in [0.29, 0.717) is 0 Å². The van der Waals surface area contributed by atoms with E-state index in [9.17, 15) is 19.6 Å². The molecule has 3 N–H and O–H groups in total. The Morgan fingerprint density at radius 1 is 1.62 bits per heavy atom. The monoisotopic (exact) mass is 292 g/mol. The summed E-state index contributed by atoms with van der Waals surface area (Å²) in [5, 5.41) is 20.2. The van der Waals surface area contributed by atoms with Gasteiger partial charge < -0.3 is 10.8 Å². The van der Waals surface area contributed by atoms with Crippen LogP contribution in [-0.2, 0) is 0 Å². The molecule has 0 aliphatic rings. The Bertz CT molecular complexity index is 414. The minimum absolute atomic E-state index is 0.00116. The van der Waals surface area contributed by atoms with Crippen LogP contribution in [0, 0.1) is 10.1 Å². The summed E-state index contributed by atoms with van der Waals surface area (Å²) in [6.07, 6.45) is 0.00116. The average molecular weight is 293 g/mol. The largest absolute Gasteiger partial charge is 0.506 e. The molecule has 16 heavy (non-hydrogen) atoms. The summed E-state index contributed by atoms with van der Waals surface area (Å²) in [5.41, 5.74) is 5.57. The van der Waals surface area contributed by atoms with Crippen LogP contribution in [0.4, 0.5) is 10.1 Å². The number of rotatable bonds is 4. The number of phenolic OH excluding ortho intramolecular Hbond substituents is 1. The van der Waals surface area contributed by atoms with Gasteiger partial charge in [-0.1, -0.05) is 0 Å². The maximum absolute atomic E-state index is 12.1. The third-order valence-electron chi connectivity index (χ3n) is 2.11. The van der Waals surface area contributed by atoms with Crippen LogP contribution < -0.4 is 5.73 Å². The number of nitro groups is 1. The molecule has 0 aromatic heterocycles. The maximum atomic E-state index is 12.1. The Morgan fingerprint density at radius 2 is 2.25 bits per heavy atom. The van der Waals surface area contributed by atoms with Gasteiger partial charge >= 0.3 is 0 Å². The smallest absolute Gasteiger partial charge is 0.271 e. The minimum atomic E-state index is -0.763. The Morgan fingerprint density at radius 3 is 2.75 bits per heavy atom. The van der Waals surface area contributed by atoms with Gasteiger partial charge in [0.05, 0.1) is 16.1 Å². The first-order chi connectivity index (χ1) is 7.47. The van der Waals surface area contributed by atoms with Gasteiger partial charge in [-0.25, -0.2) is 0 Å². The highest BCUT2D eigenvalue weighted by atomic mass is 79.9. The number of hydrogen-bond acceptors (Lipinski definition) is 4. The van der Waals surface area contributed by atoms with Crippen molar-refractivity contribution in [3.05, 3.63) is 32.3 Å². The van der Waals surface area contributed by atoms with E-state index in [1.165, 1.54) is 6.07 Å². The van der Waals surface area contributed by atoms with Crippen LogP contribution in [0.25, 0.3) is 0 Å². The Balaban J connectivity index is 3.21. The fraction of sp³-hybridized carbons (Fsp3) is 0.333. The van der Waals surface area contributed by atoms with Crippen molar-refractivity contribution in [2.24, 2.45) is 5.73 Å². The predicted octanol–water partition coefficient (Wildman–Crippen LogP) is 2.42. The molecule has 1 atom stereocenters. The highest BCUT2D eigenvalue weighted by molar-refractivity contribution is 9.10. The normalized spacial score (nSPS) is 12.4. The van der Waals surface area contributed by atoms with Gasteiger partial charge in [0.15, 0.2) is 0 Å². The standard InChI is InChI=1S/C9H10BrFN2O3/c10-7-4-5(13(15)16)3-6(9(7)14)8(12)1-2-11/h3-4,8,14H,1-2,12H2/t8-/m0/s1. The predicted molar refractivity (Wildman–Crippen MR) is 60.0 cm³/mol. The Kier molecular flexibility index (Phi) is 4.19. The SMILES string of the molecule is N[C@@H](CCF)c1cc([N+](=O)[O-])cc(Br)c1O. The first-order valence-electron chi connectivity index (χ1n) is 4.45. The van der Waals surface area contributed by atoms with Crippen LogP contribution in [0.15, 0.2) is 16.6 Å². The lowest BCUT2D eigenvalue weighted by atomic mass is 10.0. The molecule has 5 nitrogen and oxygen atoms in total. The molecule has 0 amide bonds. The summed E-state index contributed by atoms with van der Waals surface area (Å²) in [7, 11) is 0. The second-order valence-corrected chi connectivity index (χ2v) is 4.06. The third-order valence-corrected chi connectivity index (χ3v) is 2.71. The fourth-order valence-corrected chi connectivity index (χ4v) is 1.73. The van der Waals surface area contributed by atoms with Crippen molar-refractivity contribution in [3.63, 3.8) is 0 Å². The number of nitrogens with two attached hydrogens (primary N) is 1. The number of alkyl halides is 1. The molecule has 1 aromatic carbocycles. The molecule has 0 aliphatic heterocycles. The summed E-state index contributed by atoms with van der Waals surface area (Å²) in [4.78, 5) is 9.98. The van der Waals surface area contributed by atoms with Gasteiger partial charge in [0.2, 0.25) is 0 Å². The van der Waals surface area contributed by atoms with Crippen LogP contribution >= 0.6 is 15.9 Å². The highest BCUT2D eigenvalue weighted by Crippen LogP contribution is 2.36. The van der Waals surface area contributed by atoms with Crippen LogP contribution in [-0.4, -0.2) is 16.7 Å². The van der Waals surface area contributed by atoms with E-state index in [1.54, 1.807) is 0 Å². The van der Waals surface area contributed by atoms with E-state index in [-0.39, 0.29) is 27.9 Å². The van der Waals surface area contributed by atoms with E-state index in [2.05, 4.69) is 15.9 Å². The zero-order valence-corrected chi connectivity index (χ0v) is 9.78. The van der Waals surface area contributed by atoms with Crippen molar-refractivity contribution in [2.45, 2.75) is 12.5 Å². The molecular formula is C9H10BrFN2O3. The lowest BCUT2D eigenvalue weighted by Crippen LogP contribution is -2.11. The number of nitrogens with zero attached hydrogens (tertiary/aromatic N) is 1. The van der Waals surface area contributed by atoms with E-state index >= 15 is 0 Å². The molecule has 0 aliphatic carbocycles. The Hall–Kier alpha value is -1.21. The molecule has 0 saturated heterocycles. The average Bonchev–Trinajstić information content (AvgIpc) is 2.21. The fourth-order valence-electron chi connectivity index (χ4n) is 1.27. The lowest BCUT2D eigenvalue weighted by Gasteiger charge is -2.12. The molecule has 0 bridgehead atoms. The first-order valence-corrected chi connectivity index (χ1v) is 5.25. The van der Waals surface area contributed by atoms with Crippen molar-refractivity contribution in [1.29, 1.82) is 0 Å². The van der Waals surface area contributed by atoms with Crippen molar-refractivity contribution in [1.82, 2.24) is 0 Å². The maximum Gasteiger partial charge on any atom is 0.271 e. The number of hydrogen-bond donors (Lipinski definition) is 2. The first kappa shape index (κ1) is 12.9. The summed E-state index contributed by atoms with van der Waals surface area (Å²) in [6, 6.07) is 1.56. The highest BCUT2D eigenvalue weighted by Gasteiger charge is 2.19. The van der Waals surface area contributed by atoms with Crippen molar-refractivity contribution >= 4 is 21.6 Å². The van der Waals surface area contributed by atoms with E-state index in [0.717, 1.165) is 6.07 Å². The van der Waals surface area contributed by atoms with Gasteiger partial charge in [0.1, 0.15) is 5.75 Å². The summed E-state index contributed by atoms with van der Waals surface area (Å²) >= 11 is 2.98. The zero-order chi connectivity index (χ0) is 12.3. The van der Waals surface area contributed by atoms with Gasteiger partial charge in [0.25, 0.3) is 5.69 Å².